The SMILES string of the molecule is COC(=O)c1c2c(c(C(c3c4c(c(C(=O)OC)c5c3SC(C)(C)S5)SC(C)(C)S4)c3c4c(c(C(=O)N5CCN(C(=O)C6CC7(CCC(c8ccccc8)CC7)N(O)C67CCC(c6ccccc6)CC7)CC5)c5c3SC(C)(C)S5)SC(C)(C)S4)c3c1SC(C)(C)S3)SC(C)(C)S2. The minimum atomic E-state index is -0.658. The molecule has 0 aromatic heterocycles. The van der Waals surface area contributed by atoms with Gasteiger partial charge in [-0.05, 0) is 181 Å². The van der Waals surface area contributed by atoms with E-state index in [1.165, 1.54) is 42.0 Å². The Bertz CT molecular complexity index is 3810. The summed E-state index contributed by atoms with van der Waals surface area (Å²) in [7, 11) is 3.00. The van der Waals surface area contributed by atoms with E-state index in [0.29, 0.717) is 55.6 Å². The molecule has 4 fully saturated rings. The maximum Gasteiger partial charge on any atom is 0.340 e. The first-order valence-electron chi connectivity index (χ1n) is 33.2. The van der Waals surface area contributed by atoms with Crippen molar-refractivity contribution in [2.75, 3.05) is 40.4 Å². The Morgan fingerprint density at radius 2 is 0.716 bits per heavy atom. The standard InChI is InChI=1S/C73H83N3O7S12/c1-66(2)84-50-44(43(45-52-58(92-68(5,6)86-52)48(64(79)82-13)59-53(45)87-69(7,8)93-59)46-54-60(94-70(9,10)88-54)49(65(80)83-14)61-55(46)89-71(11,12)95-61)51-57(91-67(3,4)85-51)47(56(50)90-66)63(78)75-35-33-74(34-36-75)62(77)42-37-72(29-25-40(26-30-72)38-21-17-15-18-22-38)76(81)73(42)31-27-41(28-32-73)39-23-19-16-20-24-39/h15-24,40-43,81H,25-37H2,1-14H3. The van der Waals surface area contributed by atoms with Crippen LogP contribution in [0.3, 0.4) is 0 Å². The fourth-order valence-electron chi connectivity index (χ4n) is 16.8. The van der Waals surface area contributed by atoms with Gasteiger partial charge in [0.2, 0.25) is 5.91 Å². The Labute approximate surface area is 612 Å². The molecule has 5 aromatic carbocycles. The number of fused-ring (bicyclic) bond motifs is 6. The average Bonchev–Trinajstić information content (AvgIpc) is 1.59. The second-order valence-electron chi connectivity index (χ2n) is 29.7. The van der Waals surface area contributed by atoms with E-state index >= 15 is 9.59 Å². The van der Waals surface area contributed by atoms with Gasteiger partial charge in [-0.15, -0.1) is 141 Å². The van der Waals surface area contributed by atoms with Crippen LogP contribution in [0.1, 0.15) is 218 Å². The first-order chi connectivity index (χ1) is 44.9. The van der Waals surface area contributed by atoms with Crippen LogP contribution >= 0.6 is 141 Å². The van der Waals surface area contributed by atoms with Crippen LogP contribution in [0.15, 0.2) is 119 Å². The number of hydrogen-bond acceptors (Lipinski definition) is 20. The molecule has 2 saturated carbocycles. The molecule has 504 valence electrons. The van der Waals surface area contributed by atoms with E-state index in [0.717, 1.165) is 116 Å². The van der Waals surface area contributed by atoms with Gasteiger partial charge in [0, 0.05) is 96.4 Å². The van der Waals surface area contributed by atoms with Crippen molar-refractivity contribution in [3.05, 3.63) is 105 Å². The highest BCUT2D eigenvalue weighted by Crippen LogP contribution is 2.75. The van der Waals surface area contributed by atoms with Crippen LogP contribution in [0.5, 0.6) is 0 Å². The molecular weight excluding hydrogens is 1420 g/mol. The lowest BCUT2D eigenvalue weighted by atomic mass is 9.68. The summed E-state index contributed by atoms with van der Waals surface area (Å²) in [6, 6.07) is 21.6. The van der Waals surface area contributed by atoms with E-state index in [9.17, 15) is 14.8 Å². The zero-order valence-electron chi connectivity index (χ0n) is 56.4. The molecule has 2 aliphatic carbocycles. The zero-order valence-corrected chi connectivity index (χ0v) is 66.2. The number of amides is 2. The quantitative estimate of drug-likeness (QED) is 0.111. The van der Waals surface area contributed by atoms with E-state index in [1.807, 2.05) is 75.5 Å². The first kappa shape index (κ1) is 68.8. The maximum absolute atomic E-state index is 16.4. The van der Waals surface area contributed by atoms with Gasteiger partial charge >= 0.3 is 11.9 Å². The van der Waals surface area contributed by atoms with Gasteiger partial charge in [0.15, 0.2) is 0 Å². The van der Waals surface area contributed by atoms with Crippen molar-refractivity contribution in [3.63, 3.8) is 0 Å². The Morgan fingerprint density at radius 3 is 1.04 bits per heavy atom. The third-order valence-corrected chi connectivity index (χ3v) is 37.8. The van der Waals surface area contributed by atoms with Crippen molar-refractivity contribution < 1.29 is 33.9 Å². The van der Waals surface area contributed by atoms with Crippen LogP contribution in [0.2, 0.25) is 0 Å². The monoisotopic (exact) mass is 1500 g/mol. The summed E-state index contributed by atoms with van der Waals surface area (Å²) in [6.07, 6.45) is 7.67. The van der Waals surface area contributed by atoms with Crippen LogP contribution < -0.4 is 0 Å². The summed E-state index contributed by atoms with van der Waals surface area (Å²) < 4.78 is 9.45. The fraction of sp³-hybridized carbons (Fsp3) is 0.534. The van der Waals surface area contributed by atoms with Crippen molar-refractivity contribution in [2.24, 2.45) is 5.92 Å². The van der Waals surface area contributed by atoms with Gasteiger partial charge in [-0.25, -0.2) is 9.59 Å². The van der Waals surface area contributed by atoms with E-state index in [4.69, 9.17) is 9.47 Å². The zero-order chi connectivity index (χ0) is 67.1. The van der Waals surface area contributed by atoms with Crippen molar-refractivity contribution in [1.82, 2.24) is 14.9 Å². The minimum absolute atomic E-state index is 0.00906. The third-order valence-electron chi connectivity index (χ3n) is 20.7. The predicted molar refractivity (Wildman–Crippen MR) is 403 cm³/mol. The molecule has 2 saturated heterocycles. The lowest BCUT2D eigenvalue weighted by Gasteiger charge is -2.49. The average molecular weight is 1500 g/mol. The number of nitrogens with zero attached hydrogens (tertiary/aromatic N) is 3. The number of hydrogen-bond donors (Lipinski definition) is 1. The third kappa shape index (κ3) is 11.9. The molecule has 5 aromatic rings. The van der Waals surface area contributed by atoms with Gasteiger partial charge in [-0.1, -0.05) is 60.7 Å². The second kappa shape index (κ2) is 24.6. The summed E-state index contributed by atoms with van der Waals surface area (Å²) in [6.45, 7) is 28.9. The number of benzene rings is 5. The van der Waals surface area contributed by atoms with Crippen molar-refractivity contribution in [2.45, 2.75) is 253 Å². The largest absolute Gasteiger partial charge is 0.465 e. The molecular formula is C73H83N3O7S12. The van der Waals surface area contributed by atoms with E-state index in [1.54, 1.807) is 75.6 Å². The van der Waals surface area contributed by atoms with Crippen molar-refractivity contribution in [1.29, 1.82) is 0 Å². The highest BCUT2D eigenvalue weighted by Gasteiger charge is 2.64. The lowest BCUT2D eigenvalue weighted by Crippen LogP contribution is -2.59. The molecule has 22 heteroatoms. The van der Waals surface area contributed by atoms with Crippen LogP contribution in [0.25, 0.3) is 0 Å². The number of carbonyl (C=O) groups excluding carboxylic acids is 4. The molecule has 8 heterocycles. The van der Waals surface area contributed by atoms with Crippen LogP contribution in [0, 0.1) is 5.92 Å². The highest BCUT2D eigenvalue weighted by molar-refractivity contribution is 8.23. The van der Waals surface area contributed by atoms with Gasteiger partial charge < -0.3 is 24.5 Å². The van der Waals surface area contributed by atoms with E-state index < -0.39 is 17.0 Å². The maximum atomic E-state index is 16.4. The molecule has 15 rings (SSSR count). The van der Waals surface area contributed by atoms with Crippen LogP contribution in [-0.4, -0.2) is 120 Å². The van der Waals surface area contributed by atoms with Gasteiger partial charge in [0.1, 0.15) is 0 Å². The van der Waals surface area contributed by atoms with Gasteiger partial charge in [-0.2, -0.15) is 5.06 Å². The number of hydroxylamine groups is 2. The summed E-state index contributed by atoms with van der Waals surface area (Å²) in [5.41, 5.74) is 7.20. The number of esters is 2. The Balaban J connectivity index is 0.851. The summed E-state index contributed by atoms with van der Waals surface area (Å²) in [5, 5.41) is 14.7. The smallest absolute Gasteiger partial charge is 0.340 e. The van der Waals surface area contributed by atoms with Crippen LogP contribution in [0.4, 0.5) is 0 Å². The normalized spacial score (nSPS) is 27.6. The van der Waals surface area contributed by atoms with Crippen LogP contribution in [-0.2, 0) is 14.3 Å². The molecule has 1 N–H and O–H groups in total. The van der Waals surface area contributed by atoms with E-state index in [-0.39, 0.29) is 54.1 Å². The second-order valence-corrected chi connectivity index (χ2v) is 50.9. The summed E-state index contributed by atoms with van der Waals surface area (Å²) in [5.74, 6) is -0.474. The highest BCUT2D eigenvalue weighted by atomic mass is 32.2. The molecule has 10 nitrogen and oxygen atoms in total. The van der Waals surface area contributed by atoms with E-state index in [2.05, 4.69) is 149 Å². The summed E-state index contributed by atoms with van der Waals surface area (Å²) in [4.78, 5) is 78.0. The molecule has 0 bridgehead atoms. The number of ether oxygens (including phenoxy) is 2. The lowest BCUT2D eigenvalue weighted by molar-refractivity contribution is -0.233. The summed E-state index contributed by atoms with van der Waals surface area (Å²) >= 11 is 21.7. The minimum Gasteiger partial charge on any atom is -0.465 e. The molecule has 0 radical (unpaired) electrons. The Morgan fingerprint density at radius 1 is 0.421 bits per heavy atom. The number of carbonyl (C=O) groups is 4. The Hall–Kier alpha value is -1.90. The number of methoxy groups -OCH3 is 2. The van der Waals surface area contributed by atoms with Crippen molar-refractivity contribution in [3.8, 4) is 0 Å². The van der Waals surface area contributed by atoms with Gasteiger partial charge in [0.25, 0.3) is 5.91 Å². The number of thioether (sulfide) groups is 12. The Kier molecular flexibility index (Phi) is 17.9. The number of piperazine rings is 1. The van der Waals surface area contributed by atoms with Gasteiger partial charge in [-0.3, -0.25) is 9.59 Å². The molecule has 2 amide bonds. The van der Waals surface area contributed by atoms with Gasteiger partial charge in [0.05, 0.1) is 66.8 Å². The molecule has 2 spiro atoms. The molecule has 95 heavy (non-hydrogen) atoms. The molecule has 1 unspecified atom stereocenters. The molecule has 1 atom stereocenters. The van der Waals surface area contributed by atoms with Crippen molar-refractivity contribution >= 4 is 165 Å². The molecule has 8 aliphatic heterocycles. The topological polar surface area (TPSA) is 117 Å². The fourth-order valence-corrected chi connectivity index (χ4v) is 34.6. The molecule has 10 aliphatic rings. The predicted octanol–water partition coefficient (Wildman–Crippen LogP) is 21.2. The first-order valence-corrected chi connectivity index (χ1v) is 43.0. The number of rotatable bonds is 9.